The highest BCUT2D eigenvalue weighted by molar-refractivity contribution is 5.86. The molecule has 0 spiro atoms. The van der Waals surface area contributed by atoms with E-state index >= 15 is 0 Å². The summed E-state index contributed by atoms with van der Waals surface area (Å²) < 4.78 is 0. The monoisotopic (exact) mass is 527 g/mol. The third-order valence-corrected chi connectivity index (χ3v) is 9.63. The van der Waals surface area contributed by atoms with Gasteiger partial charge in [-0.1, -0.05) is 100 Å². The summed E-state index contributed by atoms with van der Waals surface area (Å²) in [6.07, 6.45) is 5.09. The first kappa shape index (κ1) is 26.9. The Kier molecular flexibility index (Phi) is 6.49. The largest absolute Gasteiger partial charge is 0.336 e. The van der Waals surface area contributed by atoms with Crippen molar-refractivity contribution in [1.82, 2.24) is 0 Å². The molecule has 40 heavy (non-hydrogen) atoms. The van der Waals surface area contributed by atoms with Crippen molar-refractivity contribution in [3.8, 4) is 22.3 Å². The number of fused-ring (bicyclic) bond motifs is 3. The zero-order valence-corrected chi connectivity index (χ0v) is 25.5. The van der Waals surface area contributed by atoms with Crippen LogP contribution < -0.4 is 4.90 Å². The molecule has 0 bridgehead atoms. The molecule has 0 aromatic heterocycles. The predicted molar refractivity (Wildman–Crippen MR) is 173 cm³/mol. The van der Waals surface area contributed by atoms with Crippen molar-refractivity contribution in [1.29, 1.82) is 0 Å². The average Bonchev–Trinajstić information content (AvgIpc) is 3.14. The van der Waals surface area contributed by atoms with Crippen molar-refractivity contribution >= 4 is 11.4 Å². The van der Waals surface area contributed by atoms with E-state index in [-0.39, 0.29) is 11.0 Å². The van der Waals surface area contributed by atoms with E-state index < -0.39 is 0 Å². The molecular weight excluding hydrogens is 482 g/mol. The van der Waals surface area contributed by atoms with Gasteiger partial charge in [0.25, 0.3) is 0 Å². The lowest BCUT2D eigenvalue weighted by Crippen LogP contribution is -2.38. The molecule has 0 heterocycles. The molecule has 1 saturated carbocycles. The Hall–Kier alpha value is -3.32. The van der Waals surface area contributed by atoms with Crippen LogP contribution in [0, 0.1) is 5.41 Å². The van der Waals surface area contributed by atoms with Gasteiger partial charge in [0, 0.05) is 22.3 Å². The van der Waals surface area contributed by atoms with E-state index in [1.165, 1.54) is 76.0 Å². The summed E-state index contributed by atoms with van der Waals surface area (Å²) >= 11 is 0. The first-order valence-corrected chi connectivity index (χ1v) is 15.2. The highest BCUT2D eigenvalue weighted by Crippen LogP contribution is 2.54. The van der Waals surface area contributed by atoms with Crippen LogP contribution in [0.5, 0.6) is 0 Å². The first-order chi connectivity index (χ1) is 19.0. The molecule has 2 aliphatic rings. The van der Waals surface area contributed by atoms with Crippen LogP contribution >= 0.6 is 0 Å². The molecule has 1 nitrogen and oxygen atoms in total. The Labute approximate surface area is 242 Å². The third kappa shape index (κ3) is 4.68. The van der Waals surface area contributed by atoms with E-state index in [4.69, 9.17) is 0 Å². The molecular formula is C39H45N. The number of nitrogens with zero attached hydrogens (tertiary/aromatic N) is 1. The summed E-state index contributed by atoms with van der Waals surface area (Å²) in [4.78, 5) is 2.63. The second kappa shape index (κ2) is 9.65. The van der Waals surface area contributed by atoms with E-state index in [0.717, 1.165) is 0 Å². The van der Waals surface area contributed by atoms with E-state index in [1.54, 1.807) is 0 Å². The van der Waals surface area contributed by atoms with Crippen LogP contribution in [0.4, 0.5) is 11.4 Å². The van der Waals surface area contributed by atoms with Gasteiger partial charge in [-0.3, -0.25) is 0 Å². The molecule has 1 fully saturated rings. The van der Waals surface area contributed by atoms with Crippen molar-refractivity contribution in [2.24, 2.45) is 5.41 Å². The lowest BCUT2D eigenvalue weighted by molar-refractivity contribution is 0.224. The van der Waals surface area contributed by atoms with Crippen molar-refractivity contribution in [3.05, 3.63) is 108 Å². The molecule has 0 atom stereocenters. The Morgan fingerprint density at radius 2 is 1.30 bits per heavy atom. The number of anilines is 2. The quantitative estimate of drug-likeness (QED) is 0.255. The molecule has 0 N–H and O–H groups in total. The maximum Gasteiger partial charge on any atom is 0.0457 e. The average molecular weight is 528 g/mol. The lowest BCUT2D eigenvalue weighted by atomic mass is 9.70. The van der Waals surface area contributed by atoms with Crippen LogP contribution in [0.2, 0.25) is 0 Å². The number of hydrogen-bond donors (Lipinski definition) is 0. The summed E-state index contributed by atoms with van der Waals surface area (Å²) in [5, 5.41) is 0. The molecule has 4 aromatic carbocycles. The van der Waals surface area contributed by atoms with Crippen LogP contribution in [0.15, 0.2) is 91.0 Å². The molecule has 0 amide bonds. The Morgan fingerprint density at radius 1 is 0.650 bits per heavy atom. The zero-order valence-electron chi connectivity index (χ0n) is 25.5. The van der Waals surface area contributed by atoms with Crippen molar-refractivity contribution in [2.75, 3.05) is 4.90 Å². The molecule has 0 saturated heterocycles. The molecule has 0 radical (unpaired) electrons. The van der Waals surface area contributed by atoms with Crippen molar-refractivity contribution < 1.29 is 0 Å². The van der Waals surface area contributed by atoms with Gasteiger partial charge in [-0.2, -0.15) is 0 Å². The summed E-state index contributed by atoms with van der Waals surface area (Å²) in [7, 11) is 0. The maximum atomic E-state index is 2.63. The summed E-state index contributed by atoms with van der Waals surface area (Å²) in [5.41, 5.74) is 12.8. The van der Waals surface area contributed by atoms with Gasteiger partial charge in [-0.05, 0) is 115 Å². The Morgan fingerprint density at radius 3 is 2.00 bits per heavy atom. The summed E-state index contributed by atoms with van der Waals surface area (Å²) in [6.45, 7) is 16.8. The van der Waals surface area contributed by atoms with Crippen molar-refractivity contribution in [2.45, 2.75) is 91.0 Å². The summed E-state index contributed by atoms with van der Waals surface area (Å²) in [5.74, 6) is 0.579. The highest BCUT2D eigenvalue weighted by Gasteiger charge is 2.39. The Balaban J connectivity index is 1.57. The van der Waals surface area contributed by atoms with Crippen molar-refractivity contribution in [3.63, 3.8) is 0 Å². The normalized spacial score (nSPS) is 17.8. The maximum absolute atomic E-state index is 2.63. The molecule has 0 aliphatic heterocycles. The SMILES string of the molecule is CC1(C)CCC(c2cc3c(cc2N(c2cccc(-c4ccccc4)c2)C(C)(C)C)-c2ccccc2C3(C)C)CC1. The van der Waals surface area contributed by atoms with E-state index in [0.29, 0.717) is 11.3 Å². The number of benzene rings is 4. The fourth-order valence-electron chi connectivity index (χ4n) is 7.33. The molecule has 1 heteroatoms. The molecule has 2 aliphatic carbocycles. The zero-order chi connectivity index (χ0) is 28.3. The Bertz CT molecular complexity index is 1520. The molecule has 0 unspecified atom stereocenters. The minimum Gasteiger partial charge on any atom is -0.336 e. The number of rotatable bonds is 4. The van der Waals surface area contributed by atoms with Crippen LogP contribution in [0.25, 0.3) is 22.3 Å². The van der Waals surface area contributed by atoms with Gasteiger partial charge in [0.15, 0.2) is 0 Å². The topological polar surface area (TPSA) is 3.24 Å². The van der Waals surface area contributed by atoms with Gasteiger partial charge >= 0.3 is 0 Å². The smallest absolute Gasteiger partial charge is 0.0457 e. The molecule has 4 aromatic rings. The van der Waals surface area contributed by atoms with E-state index in [9.17, 15) is 0 Å². The van der Waals surface area contributed by atoms with Crippen LogP contribution in [-0.4, -0.2) is 5.54 Å². The fraction of sp³-hybridized carbons (Fsp3) is 0.385. The number of hydrogen-bond acceptors (Lipinski definition) is 1. The van der Waals surface area contributed by atoms with Gasteiger partial charge < -0.3 is 4.90 Å². The highest BCUT2D eigenvalue weighted by atomic mass is 15.2. The van der Waals surface area contributed by atoms with Gasteiger partial charge in [-0.25, -0.2) is 0 Å². The first-order valence-electron chi connectivity index (χ1n) is 15.2. The van der Waals surface area contributed by atoms with Gasteiger partial charge in [-0.15, -0.1) is 0 Å². The second-order valence-corrected chi connectivity index (χ2v) is 14.5. The van der Waals surface area contributed by atoms with E-state index in [2.05, 4.69) is 144 Å². The molecule has 206 valence electrons. The van der Waals surface area contributed by atoms with E-state index in [1.807, 2.05) is 0 Å². The minimum absolute atomic E-state index is 0.00688. The van der Waals surface area contributed by atoms with Gasteiger partial charge in [0.1, 0.15) is 0 Å². The standard InChI is InChI=1S/C39H45N/c1-37(2,3)40(30-17-13-16-29(24-30)27-14-9-8-10-15-27)36-26-33-31-18-11-12-19-34(31)39(6,7)35(33)25-32(36)28-20-22-38(4,5)23-21-28/h8-19,24-26,28H,20-23H2,1-7H3. The van der Waals surface area contributed by atoms with Crippen LogP contribution in [0.3, 0.4) is 0 Å². The minimum atomic E-state index is -0.0973. The predicted octanol–water partition coefficient (Wildman–Crippen LogP) is 11.3. The summed E-state index contributed by atoms with van der Waals surface area (Å²) in [6, 6.07) is 34.2. The van der Waals surface area contributed by atoms with Gasteiger partial charge in [0.2, 0.25) is 0 Å². The molecule has 6 rings (SSSR count). The van der Waals surface area contributed by atoms with Gasteiger partial charge in [0.05, 0.1) is 0 Å². The third-order valence-electron chi connectivity index (χ3n) is 9.63. The van der Waals surface area contributed by atoms with Crippen LogP contribution in [0.1, 0.15) is 96.8 Å². The fourth-order valence-corrected chi connectivity index (χ4v) is 7.33. The second-order valence-electron chi connectivity index (χ2n) is 14.5. The van der Waals surface area contributed by atoms with Crippen LogP contribution in [-0.2, 0) is 5.41 Å². The lowest BCUT2D eigenvalue weighted by Gasteiger charge is -2.42.